The van der Waals surface area contributed by atoms with Gasteiger partial charge in [-0.15, -0.1) is 10.2 Å². The smallest absolute Gasteiger partial charge is 0.175 e. The predicted octanol–water partition coefficient (Wildman–Crippen LogP) is 3.43. The van der Waals surface area contributed by atoms with Crippen molar-refractivity contribution in [2.45, 2.75) is 30.1 Å². The Labute approximate surface area is 128 Å². The predicted molar refractivity (Wildman–Crippen MR) is 84.2 cm³/mol. The van der Waals surface area contributed by atoms with Gasteiger partial charge in [0.05, 0.1) is 4.90 Å². The van der Waals surface area contributed by atoms with E-state index >= 15 is 0 Å². The Bertz CT molecular complexity index is 761. The van der Waals surface area contributed by atoms with Gasteiger partial charge in [0, 0.05) is 17.7 Å². The number of aromatic nitrogens is 2. The van der Waals surface area contributed by atoms with Gasteiger partial charge in [-0.2, -0.15) is 0 Å². The van der Waals surface area contributed by atoms with Crippen LogP contribution in [-0.4, -0.2) is 24.9 Å². The average molecular weight is 320 g/mol. The molecule has 1 aliphatic rings. The molecule has 0 fully saturated rings. The first-order valence-corrected chi connectivity index (χ1v) is 9.54. The molecule has 1 aromatic carbocycles. The minimum Gasteiger partial charge on any atom is -0.224 e. The first-order valence-electron chi connectivity index (χ1n) is 6.83. The lowest BCUT2D eigenvalue weighted by Gasteiger charge is -2.13. The molecule has 6 heteroatoms. The third-order valence-corrected chi connectivity index (χ3v) is 5.85. The monoisotopic (exact) mass is 320 g/mol. The number of benzene rings is 1. The van der Waals surface area contributed by atoms with E-state index in [1.54, 1.807) is 35.6 Å². The highest BCUT2D eigenvalue weighted by molar-refractivity contribution is 7.90. The van der Waals surface area contributed by atoms with Gasteiger partial charge in [-0.3, -0.25) is 0 Å². The van der Waals surface area contributed by atoms with E-state index in [2.05, 4.69) is 22.3 Å². The Morgan fingerprint density at radius 2 is 1.90 bits per heavy atom. The van der Waals surface area contributed by atoms with Crippen LogP contribution in [0.1, 0.15) is 30.2 Å². The number of hydrogen-bond acceptors (Lipinski definition) is 5. The highest BCUT2D eigenvalue weighted by Gasteiger charge is 2.18. The molecule has 0 aliphatic heterocycles. The van der Waals surface area contributed by atoms with Crippen molar-refractivity contribution in [3.05, 3.63) is 41.4 Å². The average Bonchev–Trinajstić information content (AvgIpc) is 2.97. The molecule has 0 saturated carbocycles. The van der Waals surface area contributed by atoms with Crippen LogP contribution < -0.4 is 0 Å². The lowest BCUT2D eigenvalue weighted by atomic mass is 9.95. The van der Waals surface area contributed by atoms with E-state index in [0.717, 1.165) is 34.8 Å². The van der Waals surface area contributed by atoms with Gasteiger partial charge < -0.3 is 0 Å². The van der Waals surface area contributed by atoms with Crippen molar-refractivity contribution in [2.75, 3.05) is 6.26 Å². The summed E-state index contributed by atoms with van der Waals surface area (Å²) in [6.45, 7) is 0. The highest BCUT2D eigenvalue weighted by atomic mass is 32.2. The van der Waals surface area contributed by atoms with Gasteiger partial charge >= 0.3 is 0 Å². The van der Waals surface area contributed by atoms with E-state index in [0.29, 0.717) is 10.8 Å². The van der Waals surface area contributed by atoms with E-state index in [4.69, 9.17) is 0 Å². The van der Waals surface area contributed by atoms with E-state index in [1.807, 2.05) is 0 Å². The fourth-order valence-corrected chi connectivity index (χ4v) is 4.01. The van der Waals surface area contributed by atoms with Gasteiger partial charge in [-0.25, -0.2) is 8.42 Å². The maximum absolute atomic E-state index is 11.5. The third-order valence-electron chi connectivity index (χ3n) is 3.59. The summed E-state index contributed by atoms with van der Waals surface area (Å²) in [6, 6.07) is 6.83. The summed E-state index contributed by atoms with van der Waals surface area (Å²) in [6.07, 6.45) is 8.88. The van der Waals surface area contributed by atoms with Gasteiger partial charge in [-0.1, -0.05) is 35.6 Å². The fraction of sp³-hybridized carbons (Fsp3) is 0.333. The topological polar surface area (TPSA) is 59.9 Å². The molecular weight excluding hydrogens is 304 g/mol. The second kappa shape index (κ2) is 5.69. The van der Waals surface area contributed by atoms with E-state index in [-0.39, 0.29) is 0 Å². The summed E-state index contributed by atoms with van der Waals surface area (Å²) in [5.74, 6) is 0.469. The summed E-state index contributed by atoms with van der Waals surface area (Å²) in [4.78, 5) is 0.327. The van der Waals surface area contributed by atoms with Gasteiger partial charge in [0.1, 0.15) is 10.0 Å². The second-order valence-electron chi connectivity index (χ2n) is 5.22. The second-order valence-corrected chi connectivity index (χ2v) is 8.25. The van der Waals surface area contributed by atoms with Gasteiger partial charge in [0.25, 0.3) is 0 Å². The molecule has 110 valence electrons. The van der Waals surface area contributed by atoms with E-state index in [9.17, 15) is 8.42 Å². The first kappa shape index (κ1) is 14.4. The lowest BCUT2D eigenvalue weighted by Crippen LogP contribution is -1.99. The Morgan fingerprint density at radius 1 is 1.14 bits per heavy atom. The zero-order valence-corrected chi connectivity index (χ0v) is 13.3. The Morgan fingerprint density at radius 3 is 2.52 bits per heavy atom. The maximum Gasteiger partial charge on any atom is 0.175 e. The standard InChI is InChI=1S/C15H16N2O2S2/c1-21(18,19)13-9-7-12(8-10-13)15-17-16-14(20-15)11-5-3-2-4-6-11/h2-3,7-11H,4-6H2,1H3/t11-/m1/s1. The van der Waals surface area contributed by atoms with Gasteiger partial charge in [-0.05, 0) is 31.4 Å². The summed E-state index contributed by atoms with van der Waals surface area (Å²) in [5, 5.41) is 10.5. The number of hydrogen-bond donors (Lipinski definition) is 0. The van der Waals surface area contributed by atoms with Crippen LogP contribution in [0.3, 0.4) is 0 Å². The minimum atomic E-state index is -3.15. The van der Waals surface area contributed by atoms with E-state index in [1.165, 1.54) is 6.26 Å². The lowest BCUT2D eigenvalue weighted by molar-refractivity contribution is 0.602. The SMILES string of the molecule is CS(=O)(=O)c1ccc(-c2nnc([C@@H]3CC=CCC3)s2)cc1. The maximum atomic E-state index is 11.5. The van der Waals surface area contributed by atoms with Crippen molar-refractivity contribution in [1.29, 1.82) is 0 Å². The molecule has 0 N–H and O–H groups in total. The normalized spacial score (nSPS) is 18.8. The van der Waals surface area contributed by atoms with Crippen molar-refractivity contribution in [3.8, 4) is 10.6 Å². The fourth-order valence-electron chi connectivity index (χ4n) is 2.38. The molecule has 4 nitrogen and oxygen atoms in total. The molecule has 0 saturated heterocycles. The highest BCUT2D eigenvalue weighted by Crippen LogP contribution is 2.34. The van der Waals surface area contributed by atoms with E-state index < -0.39 is 9.84 Å². The molecule has 0 amide bonds. The molecule has 1 aliphatic carbocycles. The van der Waals surface area contributed by atoms with Gasteiger partial charge in [0.15, 0.2) is 9.84 Å². The minimum absolute atomic E-state index is 0.327. The number of sulfone groups is 1. The third kappa shape index (κ3) is 3.22. The van der Waals surface area contributed by atoms with Crippen LogP contribution >= 0.6 is 11.3 Å². The van der Waals surface area contributed by atoms with Crippen LogP contribution in [-0.2, 0) is 9.84 Å². The molecule has 1 aromatic heterocycles. The molecule has 0 radical (unpaired) electrons. The van der Waals surface area contributed by atoms with Crippen molar-refractivity contribution in [3.63, 3.8) is 0 Å². The zero-order chi connectivity index (χ0) is 14.9. The van der Waals surface area contributed by atoms with Crippen molar-refractivity contribution in [2.24, 2.45) is 0 Å². The largest absolute Gasteiger partial charge is 0.224 e. The number of nitrogens with zero attached hydrogens (tertiary/aromatic N) is 2. The summed E-state index contributed by atoms with van der Waals surface area (Å²) >= 11 is 1.60. The van der Waals surface area contributed by atoms with Gasteiger partial charge in [0.2, 0.25) is 0 Å². The molecule has 0 bridgehead atoms. The Kier molecular flexibility index (Phi) is 3.91. The van der Waals surface area contributed by atoms with Crippen LogP contribution in [0.2, 0.25) is 0 Å². The molecular formula is C15H16N2O2S2. The summed E-state index contributed by atoms with van der Waals surface area (Å²) in [7, 11) is -3.15. The summed E-state index contributed by atoms with van der Waals surface area (Å²) in [5.41, 5.74) is 0.914. The van der Waals surface area contributed by atoms with Crippen molar-refractivity contribution in [1.82, 2.24) is 10.2 Å². The molecule has 0 unspecified atom stereocenters. The Hall–Kier alpha value is -1.53. The van der Waals surface area contributed by atoms with Crippen LogP contribution in [0.15, 0.2) is 41.3 Å². The zero-order valence-electron chi connectivity index (χ0n) is 11.7. The molecule has 3 rings (SSSR count). The Balaban J connectivity index is 1.84. The molecule has 2 aromatic rings. The molecule has 0 spiro atoms. The molecule has 1 atom stereocenters. The van der Waals surface area contributed by atoms with Crippen LogP contribution in [0.5, 0.6) is 0 Å². The van der Waals surface area contributed by atoms with Crippen LogP contribution in [0.25, 0.3) is 10.6 Å². The molecule has 21 heavy (non-hydrogen) atoms. The van der Waals surface area contributed by atoms with Crippen molar-refractivity contribution < 1.29 is 8.42 Å². The number of rotatable bonds is 3. The van der Waals surface area contributed by atoms with Crippen LogP contribution in [0.4, 0.5) is 0 Å². The quantitative estimate of drug-likeness (QED) is 0.813. The molecule has 1 heterocycles. The van der Waals surface area contributed by atoms with Crippen molar-refractivity contribution >= 4 is 21.2 Å². The number of allylic oxidation sites excluding steroid dienone is 2. The van der Waals surface area contributed by atoms with Crippen LogP contribution in [0, 0.1) is 0 Å². The first-order chi connectivity index (χ1) is 10.0. The summed E-state index contributed by atoms with van der Waals surface area (Å²) < 4.78 is 22.9.